The first-order valence-electron chi connectivity index (χ1n) is 10.2. The van der Waals surface area contributed by atoms with E-state index in [2.05, 4.69) is 9.97 Å². The van der Waals surface area contributed by atoms with Gasteiger partial charge in [-0.25, -0.2) is 0 Å². The Morgan fingerprint density at radius 2 is 1.23 bits per heavy atom. The Kier molecular flexibility index (Phi) is 5.53. The molecule has 0 aliphatic carbocycles. The summed E-state index contributed by atoms with van der Waals surface area (Å²) in [5.41, 5.74) is 3.83. The van der Waals surface area contributed by atoms with E-state index in [0.29, 0.717) is 15.0 Å². The number of ether oxygens (including phenoxy) is 2. The number of carbonyl (C=O) groups excluding carboxylic acids is 2. The van der Waals surface area contributed by atoms with E-state index in [1.807, 2.05) is 60.9 Å². The molecule has 0 spiro atoms. The number of nitrogens with one attached hydrogen (secondary N) is 2. The molecule has 2 aromatic heterocycles. The molecular formula is C24H22N2O4Se. The number of hydrogen-bond donors (Lipinski definition) is 2. The van der Waals surface area contributed by atoms with Crippen LogP contribution in [0.2, 0.25) is 10.6 Å². The average Bonchev–Trinajstić information content (AvgIpc) is 3.49. The summed E-state index contributed by atoms with van der Waals surface area (Å²) in [5.74, 6) is -0.574. The Balaban J connectivity index is 1.19. The number of benzene rings is 2. The molecule has 1 aliphatic heterocycles. The van der Waals surface area contributed by atoms with E-state index in [9.17, 15) is 9.59 Å². The van der Waals surface area contributed by atoms with Crippen LogP contribution in [0.3, 0.4) is 0 Å². The molecule has 3 heterocycles. The van der Waals surface area contributed by atoms with Crippen LogP contribution < -0.4 is 0 Å². The van der Waals surface area contributed by atoms with E-state index < -0.39 is 0 Å². The second-order valence-corrected chi connectivity index (χ2v) is 9.92. The van der Waals surface area contributed by atoms with Crippen molar-refractivity contribution in [2.45, 2.75) is 35.7 Å². The van der Waals surface area contributed by atoms with E-state index in [4.69, 9.17) is 9.47 Å². The fraction of sp³-hybridized carbons (Fsp3) is 0.250. The zero-order chi connectivity index (χ0) is 21.2. The van der Waals surface area contributed by atoms with Gasteiger partial charge in [0.05, 0.1) is 0 Å². The molecule has 0 radical (unpaired) electrons. The minimum absolute atomic E-state index is 0.198. The maximum absolute atomic E-state index is 12.6. The Morgan fingerprint density at radius 3 is 1.71 bits per heavy atom. The maximum atomic E-state index is 12.6. The molecule has 0 bridgehead atoms. The van der Waals surface area contributed by atoms with Gasteiger partial charge in [-0.15, -0.1) is 0 Å². The van der Waals surface area contributed by atoms with Crippen molar-refractivity contribution >= 4 is 48.7 Å². The fourth-order valence-corrected chi connectivity index (χ4v) is 6.47. The third kappa shape index (κ3) is 4.24. The third-order valence-corrected chi connectivity index (χ3v) is 7.93. The van der Waals surface area contributed by atoms with E-state index >= 15 is 0 Å². The number of carbonyl (C=O) groups is 2. The standard InChI is InChI=1S/C24H22N2O4Se/c27-23(9-15-11-25-19-7-3-1-5-17(15)19)29-21-13-31-14-22(21)30-24(28)10-16-12-26-20-8-4-2-6-18(16)20/h1-8,11-12,21-22,25-26H,9-10,13-14H2/t21-,22-/m1/s1. The van der Waals surface area contributed by atoms with Gasteiger partial charge in [0.2, 0.25) is 0 Å². The molecule has 0 unspecified atom stereocenters. The molecule has 7 heteroatoms. The first-order valence-corrected chi connectivity index (χ1v) is 12.7. The van der Waals surface area contributed by atoms with Gasteiger partial charge in [-0.2, -0.15) is 0 Å². The number of esters is 2. The van der Waals surface area contributed by atoms with Gasteiger partial charge in [0.1, 0.15) is 0 Å². The Morgan fingerprint density at radius 1 is 0.774 bits per heavy atom. The van der Waals surface area contributed by atoms with Crippen molar-refractivity contribution in [3.8, 4) is 0 Å². The Bertz CT molecular complexity index is 1150. The molecule has 2 N–H and O–H groups in total. The van der Waals surface area contributed by atoms with E-state index in [1.54, 1.807) is 0 Å². The van der Waals surface area contributed by atoms with Crippen molar-refractivity contribution in [2.24, 2.45) is 0 Å². The summed E-state index contributed by atoms with van der Waals surface area (Å²) >= 11 is 0.303. The predicted molar refractivity (Wildman–Crippen MR) is 119 cm³/mol. The van der Waals surface area contributed by atoms with Gasteiger partial charge in [0, 0.05) is 0 Å². The first-order chi connectivity index (χ1) is 15.2. The summed E-state index contributed by atoms with van der Waals surface area (Å²) in [6, 6.07) is 15.7. The molecule has 5 rings (SSSR count). The molecule has 0 amide bonds. The number of H-pyrrole nitrogens is 2. The van der Waals surface area contributed by atoms with Crippen molar-refractivity contribution in [3.63, 3.8) is 0 Å². The summed E-state index contributed by atoms with van der Waals surface area (Å²) in [4.78, 5) is 31.5. The Hall–Kier alpha value is -3.02. The summed E-state index contributed by atoms with van der Waals surface area (Å²) < 4.78 is 11.5. The summed E-state index contributed by atoms with van der Waals surface area (Å²) in [7, 11) is 0. The molecule has 0 saturated carbocycles. The molecule has 31 heavy (non-hydrogen) atoms. The molecule has 2 atom stereocenters. The first kappa shape index (κ1) is 19.9. The molecule has 2 aromatic carbocycles. The van der Waals surface area contributed by atoms with Crippen LogP contribution in [0.25, 0.3) is 21.8 Å². The van der Waals surface area contributed by atoms with Crippen LogP contribution in [0, 0.1) is 0 Å². The summed E-state index contributed by atoms with van der Waals surface area (Å²) in [6.45, 7) is 0. The molecule has 6 nitrogen and oxygen atoms in total. The number of hydrogen-bond acceptors (Lipinski definition) is 4. The van der Waals surface area contributed by atoms with Crippen LogP contribution in [0.4, 0.5) is 0 Å². The van der Waals surface area contributed by atoms with Crippen LogP contribution >= 0.6 is 0 Å². The topological polar surface area (TPSA) is 84.2 Å². The van der Waals surface area contributed by atoms with E-state index in [1.165, 1.54) is 0 Å². The van der Waals surface area contributed by atoms with Crippen LogP contribution in [0.1, 0.15) is 11.1 Å². The van der Waals surface area contributed by atoms with Crippen LogP contribution in [-0.4, -0.2) is 49.1 Å². The second kappa shape index (κ2) is 8.61. The number of fused-ring (bicyclic) bond motifs is 2. The summed E-state index contributed by atoms with van der Waals surface area (Å²) in [6.07, 6.45) is 3.38. The van der Waals surface area contributed by atoms with Crippen LogP contribution in [0.15, 0.2) is 60.9 Å². The van der Waals surface area contributed by atoms with Crippen molar-refractivity contribution in [3.05, 3.63) is 72.1 Å². The van der Waals surface area contributed by atoms with Crippen LogP contribution in [-0.2, 0) is 31.9 Å². The molecule has 158 valence electrons. The van der Waals surface area contributed by atoms with Crippen molar-refractivity contribution in [2.75, 3.05) is 0 Å². The second-order valence-electron chi connectivity index (χ2n) is 7.67. The average molecular weight is 481 g/mol. The van der Waals surface area contributed by atoms with Crippen molar-refractivity contribution in [1.82, 2.24) is 9.97 Å². The molecular weight excluding hydrogens is 459 g/mol. The number of aromatic amines is 2. The SMILES string of the molecule is O=C(Cc1c[nH]c2ccccc12)O[C@@H]1C[Se]C[C@H]1OC(=O)Cc1c[nH]c2ccccc12. The van der Waals surface area contributed by atoms with Gasteiger partial charge in [-0.3, -0.25) is 0 Å². The van der Waals surface area contributed by atoms with E-state index in [0.717, 1.165) is 43.6 Å². The van der Waals surface area contributed by atoms with Crippen molar-refractivity contribution in [1.29, 1.82) is 0 Å². The Labute approximate surface area is 185 Å². The van der Waals surface area contributed by atoms with Gasteiger partial charge in [0.15, 0.2) is 0 Å². The summed E-state index contributed by atoms with van der Waals surface area (Å²) in [5, 5.41) is 3.60. The fourth-order valence-electron chi connectivity index (χ4n) is 4.02. The molecule has 1 fully saturated rings. The van der Waals surface area contributed by atoms with Crippen molar-refractivity contribution < 1.29 is 19.1 Å². The quantitative estimate of drug-likeness (QED) is 0.324. The van der Waals surface area contributed by atoms with Gasteiger partial charge in [-0.05, 0) is 0 Å². The minimum atomic E-state index is -0.357. The van der Waals surface area contributed by atoms with Gasteiger partial charge in [0.25, 0.3) is 0 Å². The van der Waals surface area contributed by atoms with Gasteiger partial charge >= 0.3 is 185 Å². The zero-order valence-corrected chi connectivity index (χ0v) is 18.5. The van der Waals surface area contributed by atoms with E-state index in [-0.39, 0.29) is 37.0 Å². The molecule has 1 saturated heterocycles. The monoisotopic (exact) mass is 482 g/mol. The van der Waals surface area contributed by atoms with Gasteiger partial charge in [-0.1, -0.05) is 0 Å². The number of aromatic nitrogens is 2. The third-order valence-electron chi connectivity index (χ3n) is 5.56. The van der Waals surface area contributed by atoms with Gasteiger partial charge < -0.3 is 0 Å². The molecule has 4 aromatic rings. The normalized spacial score (nSPS) is 18.5. The zero-order valence-electron chi connectivity index (χ0n) is 16.8. The number of para-hydroxylation sites is 2. The molecule has 1 aliphatic rings. The number of rotatable bonds is 6. The predicted octanol–water partition coefficient (Wildman–Crippen LogP) is 3.81. The van der Waals surface area contributed by atoms with Crippen LogP contribution in [0.5, 0.6) is 0 Å².